The highest BCUT2D eigenvalue weighted by Crippen LogP contribution is 2.19. The van der Waals surface area contributed by atoms with Crippen LogP contribution in [0, 0.1) is 0 Å². The monoisotopic (exact) mass is 404 g/mol. The van der Waals surface area contributed by atoms with Gasteiger partial charge in [0.05, 0.1) is 13.2 Å². The molecule has 3 amide bonds. The molecule has 0 atom stereocenters. The lowest BCUT2D eigenvalue weighted by Crippen LogP contribution is -2.48. The van der Waals surface area contributed by atoms with Crippen molar-refractivity contribution in [3.05, 3.63) is 24.3 Å². The molecular weight excluding hydrogens is 372 g/mol. The van der Waals surface area contributed by atoms with Gasteiger partial charge in [0.15, 0.2) is 0 Å². The molecule has 2 N–H and O–H groups in total. The average molecular weight is 405 g/mol. The first-order valence-corrected chi connectivity index (χ1v) is 10.3. The number of hydrogen-bond donors (Lipinski definition) is 2. The number of carbonyl (C=O) groups is 2. The van der Waals surface area contributed by atoms with Crippen LogP contribution >= 0.6 is 0 Å². The first-order chi connectivity index (χ1) is 13.8. The van der Waals surface area contributed by atoms with Crippen molar-refractivity contribution in [3.63, 3.8) is 0 Å². The summed E-state index contributed by atoms with van der Waals surface area (Å²) >= 11 is 0. The maximum atomic E-state index is 12.3. The third-order valence-corrected chi connectivity index (χ3v) is 4.98. The Bertz CT molecular complexity index is 688. The molecule has 29 heavy (non-hydrogen) atoms. The van der Waals surface area contributed by atoms with Crippen LogP contribution in [0.25, 0.3) is 0 Å². The summed E-state index contributed by atoms with van der Waals surface area (Å²) in [7, 11) is 0. The predicted octanol–water partition coefficient (Wildman–Crippen LogP) is 3.04. The number of amides is 3. The maximum absolute atomic E-state index is 12.3. The molecule has 2 fully saturated rings. The highest BCUT2D eigenvalue weighted by atomic mass is 16.6. The third kappa shape index (κ3) is 6.52. The molecular formula is C21H32N4O4. The smallest absolute Gasteiger partial charge is 0.410 e. The predicted molar refractivity (Wildman–Crippen MR) is 112 cm³/mol. The molecule has 160 valence electrons. The lowest BCUT2D eigenvalue weighted by atomic mass is 10.1. The van der Waals surface area contributed by atoms with Crippen molar-refractivity contribution in [1.29, 1.82) is 0 Å². The molecule has 0 unspecified atom stereocenters. The zero-order valence-corrected chi connectivity index (χ0v) is 17.6. The standard InChI is InChI=1S/C21H32N4O4/c1-21(2,3)29-20(27)25-10-8-17(9-11-25)23-19(26)22-16-4-6-18(7-5-16)24-12-14-28-15-13-24/h4-7,17H,8-15H2,1-3H3,(H2,22,23,26). The lowest BCUT2D eigenvalue weighted by molar-refractivity contribution is 0.0202. The molecule has 0 aliphatic carbocycles. The number of nitrogens with one attached hydrogen (secondary N) is 2. The fourth-order valence-electron chi connectivity index (χ4n) is 3.46. The topological polar surface area (TPSA) is 83.1 Å². The van der Waals surface area contributed by atoms with E-state index in [1.54, 1.807) is 4.90 Å². The number of urea groups is 1. The Morgan fingerprint density at radius 1 is 1.03 bits per heavy atom. The number of benzene rings is 1. The van der Waals surface area contributed by atoms with Crippen molar-refractivity contribution in [2.75, 3.05) is 49.6 Å². The van der Waals surface area contributed by atoms with Crippen LogP contribution in [-0.4, -0.2) is 68.1 Å². The lowest BCUT2D eigenvalue weighted by Gasteiger charge is -2.33. The summed E-state index contributed by atoms with van der Waals surface area (Å²) in [6.45, 7) is 9.99. The van der Waals surface area contributed by atoms with E-state index < -0.39 is 5.60 Å². The van der Waals surface area contributed by atoms with Gasteiger partial charge in [-0.05, 0) is 57.9 Å². The summed E-state index contributed by atoms with van der Waals surface area (Å²) in [6.07, 6.45) is 1.13. The van der Waals surface area contributed by atoms with Gasteiger partial charge in [-0.25, -0.2) is 9.59 Å². The molecule has 0 aromatic heterocycles. The largest absolute Gasteiger partial charge is 0.444 e. The maximum Gasteiger partial charge on any atom is 0.410 e. The highest BCUT2D eigenvalue weighted by Gasteiger charge is 2.27. The van der Waals surface area contributed by atoms with E-state index in [0.29, 0.717) is 25.9 Å². The van der Waals surface area contributed by atoms with Crippen LogP contribution in [0.15, 0.2) is 24.3 Å². The Kier molecular flexibility index (Phi) is 6.84. The summed E-state index contributed by atoms with van der Waals surface area (Å²) < 4.78 is 10.8. The van der Waals surface area contributed by atoms with Crippen LogP contribution < -0.4 is 15.5 Å². The van der Waals surface area contributed by atoms with Gasteiger partial charge in [-0.2, -0.15) is 0 Å². The molecule has 2 aliphatic heterocycles. The van der Waals surface area contributed by atoms with Crippen LogP contribution in [0.1, 0.15) is 33.6 Å². The molecule has 0 radical (unpaired) electrons. The first kappa shape index (κ1) is 21.2. The Labute approximate surface area is 172 Å². The molecule has 0 bridgehead atoms. The van der Waals surface area contributed by atoms with E-state index in [2.05, 4.69) is 15.5 Å². The van der Waals surface area contributed by atoms with E-state index in [0.717, 1.165) is 37.7 Å². The number of rotatable bonds is 3. The van der Waals surface area contributed by atoms with Crippen molar-refractivity contribution in [3.8, 4) is 0 Å². The van der Waals surface area contributed by atoms with E-state index in [1.165, 1.54) is 0 Å². The fraction of sp³-hybridized carbons (Fsp3) is 0.619. The quantitative estimate of drug-likeness (QED) is 0.809. The molecule has 3 rings (SSSR count). The number of likely N-dealkylation sites (tertiary alicyclic amines) is 1. The molecule has 2 saturated heterocycles. The minimum absolute atomic E-state index is 0.0429. The number of piperidine rings is 1. The zero-order chi connectivity index (χ0) is 20.9. The van der Waals surface area contributed by atoms with Gasteiger partial charge < -0.3 is 29.9 Å². The van der Waals surface area contributed by atoms with E-state index >= 15 is 0 Å². The van der Waals surface area contributed by atoms with Gasteiger partial charge in [0.25, 0.3) is 0 Å². The van der Waals surface area contributed by atoms with Crippen LogP contribution in [-0.2, 0) is 9.47 Å². The van der Waals surface area contributed by atoms with Gasteiger partial charge in [-0.3, -0.25) is 0 Å². The molecule has 2 aliphatic rings. The van der Waals surface area contributed by atoms with Gasteiger partial charge in [-0.1, -0.05) is 0 Å². The van der Waals surface area contributed by atoms with Crippen molar-refractivity contribution >= 4 is 23.5 Å². The van der Waals surface area contributed by atoms with Crippen molar-refractivity contribution in [2.45, 2.75) is 45.3 Å². The summed E-state index contributed by atoms with van der Waals surface area (Å²) in [5.74, 6) is 0. The summed E-state index contributed by atoms with van der Waals surface area (Å²) in [5.41, 5.74) is 1.39. The molecule has 1 aromatic rings. The second kappa shape index (κ2) is 9.35. The Morgan fingerprint density at radius 3 is 2.24 bits per heavy atom. The van der Waals surface area contributed by atoms with Gasteiger partial charge in [0, 0.05) is 43.6 Å². The summed E-state index contributed by atoms with van der Waals surface area (Å²) in [4.78, 5) is 28.4. The van der Waals surface area contributed by atoms with Gasteiger partial charge in [0.1, 0.15) is 5.60 Å². The van der Waals surface area contributed by atoms with Gasteiger partial charge >= 0.3 is 12.1 Å². The van der Waals surface area contributed by atoms with Crippen LogP contribution in [0.5, 0.6) is 0 Å². The molecule has 0 saturated carbocycles. The average Bonchev–Trinajstić information content (AvgIpc) is 2.68. The Hall–Kier alpha value is -2.48. The SMILES string of the molecule is CC(C)(C)OC(=O)N1CCC(NC(=O)Nc2ccc(N3CCOCC3)cc2)CC1. The summed E-state index contributed by atoms with van der Waals surface area (Å²) in [5, 5.41) is 5.88. The van der Waals surface area contributed by atoms with E-state index in [-0.39, 0.29) is 18.2 Å². The molecule has 8 heteroatoms. The second-order valence-corrected chi connectivity index (χ2v) is 8.49. The number of hydrogen-bond acceptors (Lipinski definition) is 5. The van der Waals surface area contributed by atoms with Crippen molar-refractivity contribution < 1.29 is 19.1 Å². The van der Waals surface area contributed by atoms with Crippen LogP contribution in [0.3, 0.4) is 0 Å². The minimum atomic E-state index is -0.497. The Balaban J connectivity index is 1.41. The van der Waals surface area contributed by atoms with E-state index in [1.807, 2.05) is 45.0 Å². The Morgan fingerprint density at radius 2 is 1.66 bits per heavy atom. The molecule has 8 nitrogen and oxygen atoms in total. The normalized spacial score (nSPS) is 18.3. The molecule has 2 heterocycles. The van der Waals surface area contributed by atoms with E-state index in [4.69, 9.17) is 9.47 Å². The van der Waals surface area contributed by atoms with Gasteiger partial charge in [0.2, 0.25) is 0 Å². The van der Waals surface area contributed by atoms with Crippen molar-refractivity contribution in [1.82, 2.24) is 10.2 Å². The molecule has 0 spiro atoms. The third-order valence-electron chi connectivity index (χ3n) is 4.98. The number of carbonyl (C=O) groups excluding carboxylic acids is 2. The number of ether oxygens (including phenoxy) is 2. The second-order valence-electron chi connectivity index (χ2n) is 8.49. The van der Waals surface area contributed by atoms with Crippen molar-refractivity contribution in [2.24, 2.45) is 0 Å². The highest BCUT2D eigenvalue weighted by molar-refractivity contribution is 5.89. The molecule has 1 aromatic carbocycles. The first-order valence-electron chi connectivity index (χ1n) is 10.3. The number of anilines is 2. The zero-order valence-electron chi connectivity index (χ0n) is 17.6. The van der Waals surface area contributed by atoms with Crippen LogP contribution in [0.4, 0.5) is 21.0 Å². The number of nitrogens with zero attached hydrogens (tertiary/aromatic N) is 2. The minimum Gasteiger partial charge on any atom is -0.444 e. The van der Waals surface area contributed by atoms with Gasteiger partial charge in [-0.15, -0.1) is 0 Å². The van der Waals surface area contributed by atoms with E-state index in [9.17, 15) is 9.59 Å². The van der Waals surface area contributed by atoms with Crippen LogP contribution in [0.2, 0.25) is 0 Å². The fourth-order valence-corrected chi connectivity index (χ4v) is 3.46. The summed E-state index contributed by atoms with van der Waals surface area (Å²) in [6, 6.07) is 7.67. The number of morpholine rings is 1.